The molecular formula is C28H22FN3O8S2. The molecule has 2 N–H and O–H groups in total. The molecule has 42 heavy (non-hydrogen) atoms. The number of nitrogens with one attached hydrogen (secondary N) is 1. The van der Waals surface area contributed by atoms with Crippen molar-refractivity contribution in [2.75, 3.05) is 24.2 Å². The SMILES string of the molecule is CC(=O)OCC1=C(C(=O)O)N2C(=O)C(N(C(=O)CNc3ccccc3)C(=O)c3coc4ccc(F)cc4c3=S)C2SC1. The standard InChI is InChI=1S/C28H22FN3O8S2/c1-14(33)39-11-15-13-42-27-23(26(36)32(27)22(15)28(37)38)31(21(34)10-30-17-5-3-2-4-6-17)25(35)19-12-40-20-8-7-16(29)9-18(20)24(19)41/h2-9,12,23,27,30H,10-11,13H2,1H3,(H,37,38). The lowest BCUT2D eigenvalue weighted by Crippen LogP contribution is -2.72. The highest BCUT2D eigenvalue weighted by molar-refractivity contribution is 8.00. The van der Waals surface area contributed by atoms with Crippen LogP contribution in [0.1, 0.15) is 17.3 Å². The molecule has 3 heterocycles. The van der Waals surface area contributed by atoms with E-state index in [-0.39, 0.29) is 51.2 Å². The van der Waals surface area contributed by atoms with E-state index in [1.807, 2.05) is 0 Å². The number of para-hydroxylation sites is 1. The predicted octanol–water partition coefficient (Wildman–Crippen LogP) is 3.57. The van der Waals surface area contributed by atoms with Crippen LogP contribution in [0.15, 0.2) is 70.5 Å². The van der Waals surface area contributed by atoms with E-state index in [0.29, 0.717) is 5.69 Å². The second kappa shape index (κ2) is 11.7. The lowest BCUT2D eigenvalue weighted by molar-refractivity contribution is -0.157. The molecule has 1 saturated heterocycles. The molecule has 2 aromatic carbocycles. The number of anilines is 1. The average molecular weight is 612 g/mol. The average Bonchev–Trinajstić information content (AvgIpc) is 2.97. The number of carboxylic acid groups (broad SMARTS) is 1. The van der Waals surface area contributed by atoms with Gasteiger partial charge in [-0.05, 0) is 30.3 Å². The van der Waals surface area contributed by atoms with E-state index in [2.05, 4.69) is 5.32 Å². The van der Waals surface area contributed by atoms with Crippen molar-refractivity contribution < 1.29 is 42.6 Å². The number of hydrogen-bond donors (Lipinski definition) is 2. The molecule has 0 spiro atoms. The fraction of sp³-hybridized carbons (Fsp3) is 0.214. The largest absolute Gasteiger partial charge is 0.477 e. The Morgan fingerprint density at radius 2 is 1.95 bits per heavy atom. The summed E-state index contributed by atoms with van der Waals surface area (Å²) in [7, 11) is 0. The second-order valence-corrected chi connectivity index (χ2v) is 10.8. The molecule has 11 nitrogen and oxygen atoms in total. The Morgan fingerprint density at radius 3 is 2.64 bits per heavy atom. The van der Waals surface area contributed by atoms with Crippen LogP contribution >= 0.6 is 24.0 Å². The Balaban J connectivity index is 1.52. The number of nitrogens with zero attached hydrogens (tertiary/aromatic N) is 2. The first-order chi connectivity index (χ1) is 20.1. The van der Waals surface area contributed by atoms with E-state index >= 15 is 0 Å². The number of aliphatic carboxylic acids is 1. The first-order valence-corrected chi connectivity index (χ1v) is 13.9. The molecule has 2 unspecified atom stereocenters. The second-order valence-electron chi connectivity index (χ2n) is 9.30. The van der Waals surface area contributed by atoms with Gasteiger partial charge in [-0.2, -0.15) is 0 Å². The van der Waals surface area contributed by atoms with Crippen molar-refractivity contribution in [1.29, 1.82) is 0 Å². The van der Waals surface area contributed by atoms with Crippen LogP contribution in [0.5, 0.6) is 0 Å². The summed E-state index contributed by atoms with van der Waals surface area (Å²) >= 11 is 6.57. The molecule has 2 aliphatic heterocycles. The fourth-order valence-corrected chi connectivity index (χ4v) is 6.33. The zero-order valence-corrected chi connectivity index (χ0v) is 23.5. The summed E-state index contributed by atoms with van der Waals surface area (Å²) < 4.78 is 24.4. The molecule has 5 rings (SSSR count). The van der Waals surface area contributed by atoms with Gasteiger partial charge in [-0.1, -0.05) is 30.4 Å². The number of ether oxygens (including phenoxy) is 1. The van der Waals surface area contributed by atoms with Gasteiger partial charge in [-0.3, -0.25) is 29.0 Å². The van der Waals surface area contributed by atoms with Crippen molar-refractivity contribution in [2.45, 2.75) is 18.3 Å². The Bertz CT molecular complexity index is 1730. The lowest BCUT2D eigenvalue weighted by atomic mass is 10.00. The molecule has 2 atom stereocenters. The van der Waals surface area contributed by atoms with Crippen LogP contribution in [-0.2, 0) is 23.9 Å². The van der Waals surface area contributed by atoms with Crippen molar-refractivity contribution in [2.24, 2.45) is 0 Å². The van der Waals surface area contributed by atoms with Crippen LogP contribution in [0.25, 0.3) is 11.0 Å². The molecule has 1 aromatic heterocycles. The van der Waals surface area contributed by atoms with E-state index < -0.39 is 46.9 Å². The van der Waals surface area contributed by atoms with Gasteiger partial charge >= 0.3 is 11.9 Å². The highest BCUT2D eigenvalue weighted by atomic mass is 32.2. The quantitative estimate of drug-likeness (QED) is 0.219. The van der Waals surface area contributed by atoms with Crippen LogP contribution in [0.2, 0.25) is 0 Å². The Labute approximate surface area is 246 Å². The van der Waals surface area contributed by atoms with E-state index in [0.717, 1.165) is 33.9 Å². The monoisotopic (exact) mass is 611 g/mol. The summed E-state index contributed by atoms with van der Waals surface area (Å²) in [5.41, 5.74) is 0.380. The minimum atomic E-state index is -1.42. The first kappa shape index (κ1) is 29.0. The van der Waals surface area contributed by atoms with Crippen molar-refractivity contribution in [3.8, 4) is 0 Å². The molecule has 1 fully saturated rings. The number of carboxylic acids is 1. The first-order valence-electron chi connectivity index (χ1n) is 12.5. The zero-order valence-electron chi connectivity index (χ0n) is 21.9. The topological polar surface area (TPSA) is 146 Å². The third kappa shape index (κ3) is 5.37. The summed E-state index contributed by atoms with van der Waals surface area (Å²) in [4.78, 5) is 66.3. The van der Waals surface area contributed by atoms with Gasteiger partial charge in [0.1, 0.15) is 41.4 Å². The summed E-state index contributed by atoms with van der Waals surface area (Å²) in [6, 6.07) is 10.9. The number of halogens is 1. The number of esters is 1. The number of β-lactam (4-membered cyclic amide) rings is 1. The van der Waals surface area contributed by atoms with Crippen LogP contribution < -0.4 is 5.32 Å². The summed E-state index contributed by atoms with van der Waals surface area (Å²) in [5.74, 6) is -5.17. The molecule has 0 saturated carbocycles. The molecule has 3 aromatic rings. The van der Waals surface area contributed by atoms with Gasteiger partial charge < -0.3 is 19.6 Å². The predicted molar refractivity (Wildman–Crippen MR) is 151 cm³/mol. The van der Waals surface area contributed by atoms with Gasteiger partial charge in [0, 0.05) is 29.3 Å². The van der Waals surface area contributed by atoms with E-state index in [4.69, 9.17) is 21.4 Å². The van der Waals surface area contributed by atoms with Crippen molar-refractivity contribution in [1.82, 2.24) is 9.80 Å². The van der Waals surface area contributed by atoms with Crippen LogP contribution in [0.4, 0.5) is 10.1 Å². The highest BCUT2D eigenvalue weighted by Gasteiger charge is 2.58. The maximum Gasteiger partial charge on any atom is 0.352 e. The molecule has 3 amide bonds. The molecule has 216 valence electrons. The van der Waals surface area contributed by atoms with Gasteiger partial charge in [0.25, 0.3) is 11.8 Å². The van der Waals surface area contributed by atoms with E-state index in [1.54, 1.807) is 30.3 Å². The number of amides is 3. The summed E-state index contributed by atoms with van der Waals surface area (Å²) in [6.07, 6.45) is 1.05. The van der Waals surface area contributed by atoms with Crippen molar-refractivity contribution >= 4 is 70.3 Å². The molecule has 2 aliphatic rings. The van der Waals surface area contributed by atoms with E-state index in [1.165, 1.54) is 19.1 Å². The van der Waals surface area contributed by atoms with Gasteiger partial charge in [0.2, 0.25) is 5.91 Å². The molecule has 0 bridgehead atoms. The fourth-order valence-electron chi connectivity index (χ4n) is 4.66. The van der Waals surface area contributed by atoms with Gasteiger partial charge in [0.05, 0.1) is 16.6 Å². The smallest absolute Gasteiger partial charge is 0.352 e. The number of rotatable bonds is 8. The van der Waals surface area contributed by atoms with Crippen LogP contribution in [0.3, 0.4) is 0 Å². The number of carbonyl (C=O) groups excluding carboxylic acids is 4. The maximum atomic E-state index is 14.0. The van der Waals surface area contributed by atoms with Crippen LogP contribution in [-0.4, -0.2) is 74.9 Å². The lowest BCUT2D eigenvalue weighted by Gasteiger charge is -2.52. The molecular weight excluding hydrogens is 589 g/mol. The molecule has 0 aliphatic carbocycles. The summed E-state index contributed by atoms with van der Waals surface area (Å²) in [5, 5.41) is 12.0. The third-order valence-electron chi connectivity index (χ3n) is 6.62. The van der Waals surface area contributed by atoms with Crippen molar-refractivity contribution in [3.05, 3.63) is 82.0 Å². The highest BCUT2D eigenvalue weighted by Crippen LogP contribution is 2.43. The third-order valence-corrected chi connectivity index (χ3v) is 8.38. The minimum Gasteiger partial charge on any atom is -0.477 e. The maximum absolute atomic E-state index is 14.0. The number of thioether (sulfide) groups is 1. The minimum absolute atomic E-state index is 0.0647. The number of imide groups is 1. The Morgan fingerprint density at radius 1 is 1.21 bits per heavy atom. The van der Waals surface area contributed by atoms with Crippen molar-refractivity contribution in [3.63, 3.8) is 0 Å². The zero-order chi connectivity index (χ0) is 30.1. The van der Waals surface area contributed by atoms with Gasteiger partial charge in [-0.25, -0.2) is 9.18 Å². The van der Waals surface area contributed by atoms with E-state index in [9.17, 15) is 33.5 Å². The Hall–Kier alpha value is -4.56. The molecule has 14 heteroatoms. The number of hydrogen-bond acceptors (Lipinski definition) is 10. The van der Waals surface area contributed by atoms with Crippen LogP contribution in [0, 0.1) is 10.3 Å². The summed E-state index contributed by atoms with van der Waals surface area (Å²) in [6.45, 7) is 0.453. The van der Waals surface area contributed by atoms with Gasteiger partial charge in [-0.15, -0.1) is 11.8 Å². The molecule has 0 radical (unpaired) electrons. The number of fused-ring (bicyclic) bond motifs is 2. The number of carbonyl (C=O) groups is 5. The van der Waals surface area contributed by atoms with Gasteiger partial charge in [0.15, 0.2) is 0 Å². The Kier molecular flexibility index (Phi) is 8.09. The normalized spacial score (nSPS) is 17.8. The number of benzene rings is 2.